The van der Waals surface area contributed by atoms with E-state index >= 15 is 0 Å². The lowest BCUT2D eigenvalue weighted by atomic mass is 10.0. The van der Waals surface area contributed by atoms with Gasteiger partial charge in [0.25, 0.3) is 0 Å². The number of hydrogen-bond acceptors (Lipinski definition) is 3. The maximum Gasteiger partial charge on any atom is 0.191 e. The highest BCUT2D eigenvalue weighted by molar-refractivity contribution is 5.79. The molecule has 0 radical (unpaired) electrons. The minimum Gasteiger partial charge on any atom is -0.396 e. The van der Waals surface area contributed by atoms with Crippen LogP contribution in [0.2, 0.25) is 0 Å². The third-order valence-electron chi connectivity index (χ3n) is 4.28. The van der Waals surface area contributed by atoms with Gasteiger partial charge in [-0.25, -0.2) is 0 Å². The zero-order valence-corrected chi connectivity index (χ0v) is 15.9. The van der Waals surface area contributed by atoms with Gasteiger partial charge in [-0.2, -0.15) is 0 Å². The van der Waals surface area contributed by atoms with E-state index in [0.29, 0.717) is 13.1 Å². The first kappa shape index (κ1) is 19.9. The molecule has 140 valence electrons. The van der Waals surface area contributed by atoms with Crippen LogP contribution in [0.1, 0.15) is 22.6 Å². The van der Waals surface area contributed by atoms with Crippen molar-refractivity contribution in [2.24, 2.45) is 4.99 Å². The summed E-state index contributed by atoms with van der Waals surface area (Å²) in [5.41, 5.74) is 3.68. The maximum absolute atomic E-state index is 9.69. The summed E-state index contributed by atoms with van der Waals surface area (Å²) in [6.07, 6.45) is 0. The van der Waals surface area contributed by atoms with Crippen LogP contribution < -0.4 is 10.6 Å². The predicted octanol–water partition coefficient (Wildman–Crippen LogP) is 2.19. The van der Waals surface area contributed by atoms with Gasteiger partial charge in [0, 0.05) is 32.6 Å². The molecule has 0 aliphatic carbocycles. The van der Waals surface area contributed by atoms with E-state index in [0.717, 1.165) is 18.1 Å². The second kappa shape index (κ2) is 10.6. The first-order chi connectivity index (χ1) is 12.6. The largest absolute Gasteiger partial charge is 0.396 e. The van der Waals surface area contributed by atoms with Gasteiger partial charge in [0.15, 0.2) is 5.96 Å². The molecule has 0 bridgehead atoms. The fraction of sp³-hybridized carbons (Fsp3) is 0.381. The zero-order valence-electron chi connectivity index (χ0n) is 15.9. The lowest BCUT2D eigenvalue weighted by Crippen LogP contribution is -2.39. The van der Waals surface area contributed by atoms with Crippen molar-refractivity contribution in [2.75, 3.05) is 34.3 Å². The Kier molecular flexibility index (Phi) is 8.12. The van der Waals surface area contributed by atoms with E-state index in [-0.39, 0.29) is 12.5 Å². The highest BCUT2D eigenvalue weighted by atomic mass is 16.3. The van der Waals surface area contributed by atoms with Crippen molar-refractivity contribution in [2.45, 2.75) is 19.0 Å². The molecule has 2 aromatic carbocycles. The standard InChI is InChI=1S/C21H30N4O/c1-22-21(24-14-20(16-26)17-9-5-4-6-10-17)23-13-18-11-7-8-12-19(18)15-25(2)3/h4-12,20,26H,13-16H2,1-3H3,(H2,22,23,24). The number of hydrogen-bond donors (Lipinski definition) is 3. The third-order valence-corrected chi connectivity index (χ3v) is 4.28. The van der Waals surface area contributed by atoms with Crippen LogP contribution >= 0.6 is 0 Å². The van der Waals surface area contributed by atoms with E-state index in [9.17, 15) is 5.11 Å². The third kappa shape index (κ3) is 6.17. The molecule has 0 saturated carbocycles. The highest BCUT2D eigenvalue weighted by Crippen LogP contribution is 2.13. The Morgan fingerprint density at radius 2 is 1.65 bits per heavy atom. The van der Waals surface area contributed by atoms with Crippen LogP contribution in [0.15, 0.2) is 59.6 Å². The van der Waals surface area contributed by atoms with Crippen molar-refractivity contribution in [1.82, 2.24) is 15.5 Å². The summed E-state index contributed by atoms with van der Waals surface area (Å²) in [5, 5.41) is 16.4. The fourth-order valence-electron chi connectivity index (χ4n) is 2.86. The Morgan fingerprint density at radius 1 is 1.00 bits per heavy atom. The summed E-state index contributed by atoms with van der Waals surface area (Å²) < 4.78 is 0. The molecule has 1 unspecified atom stereocenters. The first-order valence-electron chi connectivity index (χ1n) is 8.96. The van der Waals surface area contributed by atoms with Gasteiger partial charge in [0.1, 0.15) is 0 Å². The van der Waals surface area contributed by atoms with E-state index in [1.54, 1.807) is 7.05 Å². The van der Waals surface area contributed by atoms with Crippen molar-refractivity contribution in [3.8, 4) is 0 Å². The predicted molar refractivity (Wildman–Crippen MR) is 108 cm³/mol. The zero-order chi connectivity index (χ0) is 18.8. The normalized spacial score (nSPS) is 12.9. The summed E-state index contributed by atoms with van der Waals surface area (Å²) in [6.45, 7) is 2.34. The van der Waals surface area contributed by atoms with Crippen LogP contribution in [0.25, 0.3) is 0 Å². The van der Waals surface area contributed by atoms with E-state index in [2.05, 4.69) is 58.9 Å². The van der Waals surface area contributed by atoms with Crippen LogP contribution in [0.3, 0.4) is 0 Å². The van der Waals surface area contributed by atoms with Crippen molar-refractivity contribution < 1.29 is 5.11 Å². The molecule has 0 heterocycles. The van der Waals surface area contributed by atoms with Crippen molar-refractivity contribution in [3.63, 3.8) is 0 Å². The van der Waals surface area contributed by atoms with Gasteiger partial charge >= 0.3 is 0 Å². The number of rotatable bonds is 8. The summed E-state index contributed by atoms with van der Waals surface area (Å²) in [4.78, 5) is 6.46. The van der Waals surface area contributed by atoms with Gasteiger partial charge in [0.2, 0.25) is 0 Å². The molecule has 1 atom stereocenters. The van der Waals surface area contributed by atoms with Crippen molar-refractivity contribution >= 4 is 5.96 Å². The van der Waals surface area contributed by atoms with Crippen LogP contribution in [-0.4, -0.2) is 50.3 Å². The Bertz CT molecular complexity index is 685. The van der Waals surface area contributed by atoms with Gasteiger partial charge in [-0.15, -0.1) is 0 Å². The van der Waals surface area contributed by atoms with Gasteiger partial charge in [0.05, 0.1) is 6.61 Å². The maximum atomic E-state index is 9.69. The van der Waals surface area contributed by atoms with E-state index in [4.69, 9.17) is 0 Å². The SMILES string of the molecule is CN=C(NCc1ccccc1CN(C)C)NCC(CO)c1ccccc1. The summed E-state index contributed by atoms with van der Waals surface area (Å²) >= 11 is 0. The smallest absolute Gasteiger partial charge is 0.191 e. The van der Waals surface area contributed by atoms with Crippen LogP contribution in [0.5, 0.6) is 0 Å². The Labute approximate surface area is 156 Å². The van der Waals surface area contributed by atoms with E-state index < -0.39 is 0 Å². The summed E-state index contributed by atoms with van der Waals surface area (Å²) in [5.74, 6) is 0.773. The van der Waals surface area contributed by atoms with Crippen molar-refractivity contribution in [3.05, 3.63) is 71.3 Å². The number of benzene rings is 2. The monoisotopic (exact) mass is 354 g/mol. The molecule has 5 nitrogen and oxygen atoms in total. The molecule has 26 heavy (non-hydrogen) atoms. The number of nitrogens with zero attached hydrogens (tertiary/aromatic N) is 2. The molecule has 0 spiro atoms. The Hall–Kier alpha value is -2.37. The molecular weight excluding hydrogens is 324 g/mol. The number of guanidine groups is 1. The van der Waals surface area contributed by atoms with E-state index in [1.807, 2.05) is 30.3 Å². The topological polar surface area (TPSA) is 59.9 Å². The molecule has 0 aliphatic rings. The van der Waals surface area contributed by atoms with Crippen LogP contribution in [-0.2, 0) is 13.1 Å². The van der Waals surface area contributed by atoms with E-state index in [1.165, 1.54) is 11.1 Å². The molecule has 0 saturated heterocycles. The van der Waals surface area contributed by atoms with Gasteiger partial charge in [-0.05, 0) is 30.8 Å². The summed E-state index contributed by atoms with van der Waals surface area (Å²) in [6, 6.07) is 18.5. The first-order valence-corrected chi connectivity index (χ1v) is 8.96. The molecule has 3 N–H and O–H groups in total. The number of aliphatic hydroxyl groups is 1. The quantitative estimate of drug-likeness (QED) is 0.502. The van der Waals surface area contributed by atoms with Gasteiger partial charge < -0.3 is 20.6 Å². The van der Waals surface area contributed by atoms with Crippen molar-refractivity contribution in [1.29, 1.82) is 0 Å². The molecular formula is C21H30N4O. The molecule has 2 aromatic rings. The average Bonchev–Trinajstić information content (AvgIpc) is 2.66. The molecule has 0 aromatic heterocycles. The fourth-order valence-corrected chi connectivity index (χ4v) is 2.86. The molecule has 0 aliphatic heterocycles. The number of aliphatic imine (C=N–C) groups is 1. The van der Waals surface area contributed by atoms with Crippen LogP contribution in [0, 0.1) is 0 Å². The molecule has 0 fully saturated rings. The lowest BCUT2D eigenvalue weighted by molar-refractivity contribution is 0.265. The van der Waals surface area contributed by atoms with Crippen LogP contribution in [0.4, 0.5) is 0 Å². The van der Waals surface area contributed by atoms with Gasteiger partial charge in [-0.3, -0.25) is 4.99 Å². The highest BCUT2D eigenvalue weighted by Gasteiger charge is 2.11. The Morgan fingerprint density at radius 3 is 2.27 bits per heavy atom. The second-order valence-electron chi connectivity index (χ2n) is 6.60. The second-order valence-corrected chi connectivity index (χ2v) is 6.60. The molecule has 0 amide bonds. The average molecular weight is 354 g/mol. The summed E-state index contributed by atoms with van der Waals surface area (Å²) in [7, 11) is 5.91. The van der Waals surface area contributed by atoms with Gasteiger partial charge in [-0.1, -0.05) is 54.6 Å². The minimum atomic E-state index is 0.0378. The lowest BCUT2D eigenvalue weighted by Gasteiger charge is -2.19. The minimum absolute atomic E-state index is 0.0378. The Balaban J connectivity index is 1.92. The number of aliphatic hydroxyl groups excluding tert-OH is 1. The molecule has 2 rings (SSSR count). The number of nitrogens with one attached hydrogen (secondary N) is 2. The molecule has 5 heteroatoms.